The van der Waals surface area contributed by atoms with Gasteiger partial charge in [0.05, 0.1) is 64.2 Å². The number of carbonyl (C=O) groups excluding carboxylic acids is 2. The molecule has 3 aromatic rings. The lowest BCUT2D eigenvalue weighted by atomic mass is 10.0. The Balaban J connectivity index is 1.19. The van der Waals surface area contributed by atoms with Gasteiger partial charge in [0.15, 0.2) is 5.69 Å². The summed E-state index contributed by atoms with van der Waals surface area (Å²) in [7, 11) is 0. The van der Waals surface area contributed by atoms with Crippen molar-refractivity contribution >= 4 is 29.1 Å². The number of ether oxygens (including phenoxy) is 5. The van der Waals surface area contributed by atoms with E-state index in [4.69, 9.17) is 46.0 Å². The van der Waals surface area contributed by atoms with Gasteiger partial charge < -0.3 is 49.4 Å². The molecule has 1 aromatic heterocycles. The summed E-state index contributed by atoms with van der Waals surface area (Å²) >= 11 is 6.00. The van der Waals surface area contributed by atoms with E-state index in [-0.39, 0.29) is 52.9 Å². The number of hydrogen-bond acceptors (Lipinski definition) is 11. The molecule has 2 aromatic carbocycles. The third-order valence-electron chi connectivity index (χ3n) is 10.3. The summed E-state index contributed by atoms with van der Waals surface area (Å²) < 4.78 is 55.8. The lowest BCUT2D eigenvalue weighted by Crippen LogP contribution is -2.55. The number of hydrogen-bond donors (Lipinski definition) is 2. The molecule has 3 heterocycles. The van der Waals surface area contributed by atoms with E-state index in [9.17, 15) is 18.4 Å². The van der Waals surface area contributed by atoms with Crippen molar-refractivity contribution in [2.24, 2.45) is 5.73 Å². The van der Waals surface area contributed by atoms with Crippen molar-refractivity contribution in [1.29, 1.82) is 0 Å². The van der Waals surface area contributed by atoms with Crippen molar-refractivity contribution in [3.8, 4) is 17.0 Å². The number of halogens is 3. The predicted molar refractivity (Wildman–Crippen MR) is 224 cm³/mol. The van der Waals surface area contributed by atoms with Crippen molar-refractivity contribution in [3.63, 3.8) is 0 Å². The van der Waals surface area contributed by atoms with Crippen LogP contribution in [0.15, 0.2) is 54.6 Å². The minimum atomic E-state index is -2.85. The third-order valence-corrected chi connectivity index (χ3v) is 10.6. The smallest absolute Gasteiger partial charge is 0.272 e. The number of pyridine rings is 1. The molecule has 13 nitrogen and oxygen atoms in total. The quantitative estimate of drug-likeness (QED) is 0.107. The number of piperazine rings is 1. The second kappa shape index (κ2) is 24.3. The number of rotatable bonds is 24. The lowest BCUT2D eigenvalue weighted by Gasteiger charge is -2.43. The van der Waals surface area contributed by atoms with Crippen LogP contribution in [-0.2, 0) is 18.9 Å². The normalized spacial score (nSPS) is 17.2. The maximum absolute atomic E-state index is 14.3. The zero-order chi connectivity index (χ0) is 42.0. The fourth-order valence-electron chi connectivity index (χ4n) is 7.39. The first-order valence-electron chi connectivity index (χ1n) is 20.6. The van der Waals surface area contributed by atoms with E-state index in [1.54, 1.807) is 4.90 Å². The Morgan fingerprint density at radius 3 is 2.31 bits per heavy atom. The van der Waals surface area contributed by atoms with Gasteiger partial charge in [-0.15, -0.1) is 0 Å². The SMILES string of the molecule is CCOc1ccccc1-c1ccc(N2CCN(C(=O)c3ccc(Cl)cc3C(F)F)C[C@H]2CC)c(C(=O)N[C@@H]2CCN(CCCOCCOCCOCCOCCN)C2)n1. The van der Waals surface area contributed by atoms with Crippen LogP contribution in [0.25, 0.3) is 11.3 Å². The van der Waals surface area contributed by atoms with E-state index in [1.165, 1.54) is 12.1 Å². The van der Waals surface area contributed by atoms with Gasteiger partial charge >= 0.3 is 0 Å². The van der Waals surface area contributed by atoms with Crippen LogP contribution in [0, 0.1) is 0 Å². The molecule has 2 fully saturated rings. The Labute approximate surface area is 351 Å². The highest BCUT2D eigenvalue weighted by Crippen LogP contribution is 2.34. The van der Waals surface area contributed by atoms with Crippen molar-refractivity contribution in [3.05, 3.63) is 76.4 Å². The summed E-state index contributed by atoms with van der Waals surface area (Å²) in [6, 6.07) is 15.1. The third kappa shape index (κ3) is 13.5. The van der Waals surface area contributed by atoms with Gasteiger partial charge in [0.25, 0.3) is 18.2 Å². The lowest BCUT2D eigenvalue weighted by molar-refractivity contribution is -0.00167. The van der Waals surface area contributed by atoms with Crippen molar-refractivity contribution in [1.82, 2.24) is 20.1 Å². The molecule has 2 amide bonds. The zero-order valence-electron chi connectivity index (χ0n) is 34.2. The molecule has 2 saturated heterocycles. The van der Waals surface area contributed by atoms with Crippen LogP contribution in [0.1, 0.15) is 65.9 Å². The first-order chi connectivity index (χ1) is 28.7. The topological polar surface area (TPSA) is 141 Å². The number of likely N-dealkylation sites (tertiary alicyclic amines) is 1. The molecule has 2 aliphatic heterocycles. The summed E-state index contributed by atoms with van der Waals surface area (Å²) in [5.74, 6) is -0.0922. The van der Waals surface area contributed by atoms with E-state index < -0.39 is 12.3 Å². The summed E-state index contributed by atoms with van der Waals surface area (Å²) in [5.41, 5.74) is 7.24. The molecule has 2 aliphatic rings. The van der Waals surface area contributed by atoms with Crippen LogP contribution in [0.4, 0.5) is 14.5 Å². The van der Waals surface area contributed by atoms with Gasteiger partial charge in [0.1, 0.15) is 5.75 Å². The number of para-hydroxylation sites is 1. The highest BCUT2D eigenvalue weighted by atomic mass is 35.5. The molecule has 5 rings (SSSR count). The largest absolute Gasteiger partial charge is 0.493 e. The Morgan fingerprint density at radius 2 is 1.61 bits per heavy atom. The van der Waals surface area contributed by atoms with E-state index >= 15 is 0 Å². The Kier molecular flexibility index (Phi) is 19.0. The molecule has 0 spiro atoms. The minimum Gasteiger partial charge on any atom is -0.493 e. The monoisotopic (exact) mass is 844 g/mol. The molecule has 3 N–H and O–H groups in total. The number of alkyl halides is 2. The fourth-order valence-corrected chi connectivity index (χ4v) is 7.57. The number of anilines is 1. The van der Waals surface area contributed by atoms with Crippen LogP contribution in [0.2, 0.25) is 5.02 Å². The van der Waals surface area contributed by atoms with E-state index in [1.807, 2.05) is 50.2 Å². The number of nitrogens with two attached hydrogens (primary N) is 1. The zero-order valence-corrected chi connectivity index (χ0v) is 35.0. The molecule has 0 unspecified atom stereocenters. The minimum absolute atomic E-state index is 0.0611. The molecule has 16 heteroatoms. The number of aromatic nitrogens is 1. The van der Waals surface area contributed by atoms with Gasteiger partial charge in [-0.3, -0.25) is 9.59 Å². The molecule has 324 valence electrons. The van der Waals surface area contributed by atoms with Crippen molar-refractivity contribution in [2.45, 2.75) is 51.6 Å². The summed E-state index contributed by atoms with van der Waals surface area (Å²) in [5, 5.41) is 3.41. The Morgan fingerprint density at radius 1 is 0.898 bits per heavy atom. The predicted octanol–water partition coefficient (Wildman–Crippen LogP) is 5.70. The van der Waals surface area contributed by atoms with E-state index in [0.29, 0.717) is 103 Å². The van der Waals surface area contributed by atoms with E-state index in [0.717, 1.165) is 37.6 Å². The van der Waals surface area contributed by atoms with Gasteiger partial charge in [-0.1, -0.05) is 30.7 Å². The molecule has 0 bridgehead atoms. The summed E-state index contributed by atoms with van der Waals surface area (Å²) in [6.07, 6.45) is -0.555. The van der Waals surface area contributed by atoms with Crippen molar-refractivity contribution in [2.75, 3.05) is 110 Å². The average Bonchev–Trinajstić information content (AvgIpc) is 3.70. The molecular formula is C43H59ClF2N6O7. The second-order valence-corrected chi connectivity index (χ2v) is 14.8. The van der Waals surface area contributed by atoms with E-state index in [2.05, 4.69) is 15.1 Å². The van der Waals surface area contributed by atoms with Gasteiger partial charge in [-0.2, -0.15) is 0 Å². The summed E-state index contributed by atoms with van der Waals surface area (Å²) in [6.45, 7) is 12.4. The molecule has 0 aliphatic carbocycles. The van der Waals surface area contributed by atoms with Crippen LogP contribution in [-0.4, -0.2) is 144 Å². The van der Waals surface area contributed by atoms with Crippen molar-refractivity contribution < 1.29 is 42.1 Å². The van der Waals surface area contributed by atoms with Crippen LogP contribution in [0.5, 0.6) is 5.75 Å². The van der Waals surface area contributed by atoms with Gasteiger partial charge in [-0.05, 0) is 68.7 Å². The molecule has 2 atom stereocenters. The number of carbonyl (C=O) groups is 2. The molecule has 0 saturated carbocycles. The first kappa shape index (κ1) is 46.1. The Bertz CT molecular complexity index is 1780. The van der Waals surface area contributed by atoms with Crippen LogP contribution in [0.3, 0.4) is 0 Å². The summed E-state index contributed by atoms with van der Waals surface area (Å²) in [4.78, 5) is 39.0. The first-order valence-corrected chi connectivity index (χ1v) is 21.0. The fraction of sp³-hybridized carbons (Fsp3) is 0.558. The number of benzene rings is 2. The highest BCUT2D eigenvalue weighted by molar-refractivity contribution is 6.30. The van der Waals surface area contributed by atoms with Crippen LogP contribution >= 0.6 is 11.6 Å². The molecular weight excluding hydrogens is 786 g/mol. The van der Waals surface area contributed by atoms with Gasteiger partial charge in [0, 0.05) is 86.2 Å². The molecule has 59 heavy (non-hydrogen) atoms. The maximum atomic E-state index is 14.3. The number of amides is 2. The number of nitrogens with zero attached hydrogens (tertiary/aromatic N) is 4. The highest BCUT2D eigenvalue weighted by Gasteiger charge is 2.34. The second-order valence-electron chi connectivity index (χ2n) is 14.4. The van der Waals surface area contributed by atoms with Crippen LogP contribution < -0.4 is 20.7 Å². The molecule has 0 radical (unpaired) electrons. The standard InChI is InChI=1S/C43H59ClF2N6O7/c1-3-33-30-51(43(54)34-11-10-31(44)28-36(34)41(45)46)18-19-52(33)38-13-12-37(35-8-5-6-9-39(35)59-4-2)49-40(38)42(53)48-32-14-17-50(29-32)16-7-20-55-22-24-57-26-27-58-25-23-56-21-15-47/h5-6,8-13,28,32-33,41H,3-4,7,14-27,29-30,47H2,1-2H3,(H,48,53)/t32-,33-/m1/s1. The number of nitrogens with one attached hydrogen (secondary N) is 1. The maximum Gasteiger partial charge on any atom is 0.272 e. The van der Waals surface area contributed by atoms with Gasteiger partial charge in [-0.25, -0.2) is 13.8 Å². The average molecular weight is 845 g/mol. The van der Waals surface area contributed by atoms with Gasteiger partial charge in [0.2, 0.25) is 0 Å². The Hall–Kier alpha value is -3.96.